The molecule has 0 radical (unpaired) electrons. The molecule has 0 saturated heterocycles. The summed E-state index contributed by atoms with van der Waals surface area (Å²) in [5, 5.41) is 3.08. The van der Waals surface area contributed by atoms with Crippen molar-refractivity contribution in [2.24, 2.45) is 11.7 Å². The Kier molecular flexibility index (Phi) is 5.60. The van der Waals surface area contributed by atoms with Crippen molar-refractivity contribution in [1.82, 2.24) is 5.32 Å². The van der Waals surface area contributed by atoms with E-state index in [1.54, 1.807) is 0 Å². The van der Waals surface area contributed by atoms with Crippen molar-refractivity contribution in [1.29, 1.82) is 0 Å². The topological polar surface area (TPSA) is 55.1 Å². The van der Waals surface area contributed by atoms with Crippen molar-refractivity contribution in [3.63, 3.8) is 0 Å². The van der Waals surface area contributed by atoms with Crippen molar-refractivity contribution >= 4 is 5.91 Å². The minimum atomic E-state index is 0.185. The Morgan fingerprint density at radius 2 is 2.20 bits per heavy atom. The fourth-order valence-electron chi connectivity index (χ4n) is 2.99. The third-order valence-corrected chi connectivity index (χ3v) is 4.44. The van der Waals surface area contributed by atoms with E-state index in [1.807, 2.05) is 0 Å². The van der Waals surface area contributed by atoms with E-state index in [1.165, 1.54) is 11.1 Å². The van der Waals surface area contributed by atoms with Gasteiger partial charge in [-0.2, -0.15) is 0 Å². The van der Waals surface area contributed by atoms with Gasteiger partial charge in [0, 0.05) is 18.9 Å². The third-order valence-electron chi connectivity index (χ3n) is 4.44. The number of carbonyl (C=O) groups excluding carboxylic acids is 1. The Labute approximate surface area is 121 Å². The number of hydrogen-bond donors (Lipinski definition) is 2. The molecule has 110 valence electrons. The number of amides is 1. The molecule has 2 atom stereocenters. The van der Waals surface area contributed by atoms with Gasteiger partial charge in [0.05, 0.1) is 0 Å². The van der Waals surface area contributed by atoms with Gasteiger partial charge in [-0.05, 0) is 42.9 Å². The molecular formula is C17H26N2O. The molecule has 0 aromatic heterocycles. The SMILES string of the molecule is CCC(CCN)CCC(=O)NCC1Cc2ccccc21. The lowest BCUT2D eigenvalue weighted by atomic mass is 9.77. The van der Waals surface area contributed by atoms with Crippen LogP contribution >= 0.6 is 0 Å². The first-order valence-corrected chi connectivity index (χ1v) is 7.79. The fraction of sp³-hybridized carbons (Fsp3) is 0.588. The number of nitrogens with two attached hydrogens (primary N) is 1. The molecule has 0 fully saturated rings. The summed E-state index contributed by atoms with van der Waals surface area (Å²) in [5.41, 5.74) is 8.42. The molecule has 20 heavy (non-hydrogen) atoms. The van der Waals surface area contributed by atoms with Gasteiger partial charge >= 0.3 is 0 Å². The summed E-state index contributed by atoms with van der Waals surface area (Å²) in [6, 6.07) is 8.50. The van der Waals surface area contributed by atoms with E-state index in [-0.39, 0.29) is 5.91 Å². The third kappa shape index (κ3) is 3.83. The number of benzene rings is 1. The zero-order chi connectivity index (χ0) is 14.4. The Hall–Kier alpha value is -1.35. The van der Waals surface area contributed by atoms with Crippen molar-refractivity contribution in [2.75, 3.05) is 13.1 Å². The van der Waals surface area contributed by atoms with Crippen molar-refractivity contribution in [3.05, 3.63) is 35.4 Å². The molecule has 1 amide bonds. The highest BCUT2D eigenvalue weighted by Gasteiger charge is 2.25. The molecule has 1 aromatic carbocycles. The normalized spacial score (nSPS) is 18.0. The summed E-state index contributed by atoms with van der Waals surface area (Å²) in [6.45, 7) is 3.67. The lowest BCUT2D eigenvalue weighted by molar-refractivity contribution is -0.121. The van der Waals surface area contributed by atoms with E-state index in [9.17, 15) is 4.79 Å². The van der Waals surface area contributed by atoms with Gasteiger partial charge in [0.2, 0.25) is 5.91 Å². The number of hydrogen-bond acceptors (Lipinski definition) is 2. The van der Waals surface area contributed by atoms with Gasteiger partial charge in [0.15, 0.2) is 0 Å². The lowest BCUT2D eigenvalue weighted by Crippen LogP contribution is -2.33. The van der Waals surface area contributed by atoms with Crippen LogP contribution in [0.4, 0.5) is 0 Å². The minimum Gasteiger partial charge on any atom is -0.355 e. The molecule has 1 aromatic rings. The first kappa shape index (κ1) is 15.0. The molecular weight excluding hydrogens is 248 g/mol. The van der Waals surface area contributed by atoms with E-state index in [4.69, 9.17) is 5.73 Å². The summed E-state index contributed by atoms with van der Waals surface area (Å²) in [7, 11) is 0. The highest BCUT2D eigenvalue weighted by atomic mass is 16.1. The van der Waals surface area contributed by atoms with Crippen LogP contribution in [-0.2, 0) is 11.2 Å². The first-order chi connectivity index (χ1) is 9.74. The van der Waals surface area contributed by atoms with E-state index in [2.05, 4.69) is 36.5 Å². The van der Waals surface area contributed by atoms with Gasteiger partial charge in [0.25, 0.3) is 0 Å². The van der Waals surface area contributed by atoms with Crippen molar-refractivity contribution in [3.8, 4) is 0 Å². The molecule has 0 bridgehead atoms. The molecule has 3 nitrogen and oxygen atoms in total. The van der Waals surface area contributed by atoms with E-state index < -0.39 is 0 Å². The van der Waals surface area contributed by atoms with Crippen molar-refractivity contribution in [2.45, 2.75) is 44.9 Å². The maximum Gasteiger partial charge on any atom is 0.220 e. The molecule has 2 rings (SSSR count). The van der Waals surface area contributed by atoms with Crippen LogP contribution in [0.15, 0.2) is 24.3 Å². The molecule has 0 spiro atoms. The predicted molar refractivity (Wildman–Crippen MR) is 82.6 cm³/mol. The second-order valence-electron chi connectivity index (χ2n) is 5.79. The maximum atomic E-state index is 11.9. The number of nitrogens with one attached hydrogen (secondary N) is 1. The molecule has 3 N–H and O–H groups in total. The summed E-state index contributed by atoms with van der Waals surface area (Å²) in [6.07, 6.45) is 4.83. The largest absolute Gasteiger partial charge is 0.355 e. The average Bonchev–Trinajstić information content (AvgIpc) is 2.44. The number of carbonyl (C=O) groups is 1. The van der Waals surface area contributed by atoms with Gasteiger partial charge in [-0.15, -0.1) is 0 Å². The average molecular weight is 274 g/mol. The highest BCUT2D eigenvalue weighted by molar-refractivity contribution is 5.76. The molecule has 3 heteroatoms. The monoisotopic (exact) mass is 274 g/mol. The van der Waals surface area contributed by atoms with Crippen LogP contribution in [0.25, 0.3) is 0 Å². The summed E-state index contributed by atoms with van der Waals surface area (Å²) < 4.78 is 0. The van der Waals surface area contributed by atoms with Crippen LogP contribution in [0.3, 0.4) is 0 Å². The van der Waals surface area contributed by atoms with Crippen LogP contribution in [0, 0.1) is 5.92 Å². The lowest BCUT2D eigenvalue weighted by Gasteiger charge is -2.30. The number of fused-ring (bicyclic) bond motifs is 1. The van der Waals surface area contributed by atoms with Crippen molar-refractivity contribution < 1.29 is 4.79 Å². The molecule has 2 unspecified atom stereocenters. The first-order valence-electron chi connectivity index (χ1n) is 7.79. The smallest absolute Gasteiger partial charge is 0.220 e. The summed E-state index contributed by atoms with van der Waals surface area (Å²) >= 11 is 0. The van der Waals surface area contributed by atoms with Gasteiger partial charge in [0.1, 0.15) is 0 Å². The highest BCUT2D eigenvalue weighted by Crippen LogP contribution is 2.33. The standard InChI is InChI=1S/C17H26N2O/c1-2-13(9-10-18)7-8-17(20)19-12-15-11-14-5-3-4-6-16(14)15/h3-6,13,15H,2,7-12,18H2,1H3,(H,19,20). The van der Waals surface area contributed by atoms with Crippen LogP contribution in [-0.4, -0.2) is 19.0 Å². The second kappa shape index (κ2) is 7.44. The fourth-order valence-corrected chi connectivity index (χ4v) is 2.99. The molecule has 0 heterocycles. The van der Waals surface area contributed by atoms with Crippen LogP contribution in [0.1, 0.15) is 49.7 Å². The van der Waals surface area contributed by atoms with E-state index in [0.717, 1.165) is 38.8 Å². The van der Waals surface area contributed by atoms with E-state index >= 15 is 0 Å². The quantitative estimate of drug-likeness (QED) is 0.765. The van der Waals surface area contributed by atoms with Gasteiger partial charge in [-0.1, -0.05) is 37.6 Å². The van der Waals surface area contributed by atoms with Gasteiger partial charge in [-0.3, -0.25) is 4.79 Å². The Balaban J connectivity index is 1.66. The van der Waals surface area contributed by atoms with E-state index in [0.29, 0.717) is 18.3 Å². The van der Waals surface area contributed by atoms with Crippen LogP contribution < -0.4 is 11.1 Å². The second-order valence-corrected chi connectivity index (χ2v) is 5.79. The molecule has 1 aliphatic carbocycles. The van der Waals surface area contributed by atoms with Crippen LogP contribution in [0.2, 0.25) is 0 Å². The minimum absolute atomic E-state index is 0.185. The molecule has 0 aliphatic heterocycles. The Morgan fingerprint density at radius 1 is 1.40 bits per heavy atom. The zero-order valence-corrected chi connectivity index (χ0v) is 12.4. The van der Waals surface area contributed by atoms with Gasteiger partial charge < -0.3 is 11.1 Å². The Bertz CT molecular complexity index is 444. The summed E-state index contributed by atoms with van der Waals surface area (Å²) in [5.74, 6) is 1.29. The zero-order valence-electron chi connectivity index (χ0n) is 12.4. The predicted octanol–water partition coefficient (Wildman–Crippen LogP) is 2.60. The molecule has 1 aliphatic rings. The number of rotatable bonds is 8. The summed E-state index contributed by atoms with van der Waals surface area (Å²) in [4.78, 5) is 11.9. The Morgan fingerprint density at radius 3 is 2.90 bits per heavy atom. The van der Waals surface area contributed by atoms with Crippen LogP contribution in [0.5, 0.6) is 0 Å². The molecule has 0 saturated carbocycles. The maximum absolute atomic E-state index is 11.9. The van der Waals surface area contributed by atoms with Gasteiger partial charge in [-0.25, -0.2) is 0 Å².